The van der Waals surface area contributed by atoms with Crippen LogP contribution >= 0.6 is 0 Å². The summed E-state index contributed by atoms with van der Waals surface area (Å²) < 4.78 is 13.2. The molecule has 0 aromatic heterocycles. The van der Waals surface area contributed by atoms with Crippen LogP contribution in [0.5, 0.6) is 0 Å². The number of rotatable bonds is 4. The Morgan fingerprint density at radius 3 is 3.05 bits per heavy atom. The van der Waals surface area contributed by atoms with Gasteiger partial charge in [-0.15, -0.1) is 0 Å². The van der Waals surface area contributed by atoms with Crippen molar-refractivity contribution in [3.63, 3.8) is 0 Å². The number of hydrogen-bond acceptors (Lipinski definition) is 3. The largest absolute Gasteiger partial charge is 0.356 e. The third-order valence-electron chi connectivity index (χ3n) is 3.27. The van der Waals surface area contributed by atoms with Gasteiger partial charge in [-0.1, -0.05) is 6.07 Å². The summed E-state index contributed by atoms with van der Waals surface area (Å²) in [5, 5.41) is 5.35. The van der Waals surface area contributed by atoms with Gasteiger partial charge in [0.05, 0.1) is 5.92 Å². The van der Waals surface area contributed by atoms with Crippen LogP contribution in [0.3, 0.4) is 0 Å². The second-order valence-electron chi connectivity index (χ2n) is 5.09. The quantitative estimate of drug-likeness (QED) is 0.771. The molecule has 6 heteroatoms. The lowest BCUT2D eigenvalue weighted by atomic mass is 9.89. The van der Waals surface area contributed by atoms with Crippen molar-refractivity contribution in [3.05, 3.63) is 29.6 Å². The van der Waals surface area contributed by atoms with Gasteiger partial charge in [-0.05, 0) is 31.0 Å². The van der Waals surface area contributed by atoms with Gasteiger partial charge in [0, 0.05) is 24.7 Å². The summed E-state index contributed by atoms with van der Waals surface area (Å²) in [6.45, 7) is 2.32. The van der Waals surface area contributed by atoms with E-state index in [9.17, 15) is 14.0 Å². The zero-order valence-corrected chi connectivity index (χ0v) is 11.3. The van der Waals surface area contributed by atoms with Gasteiger partial charge >= 0.3 is 0 Å². The van der Waals surface area contributed by atoms with Crippen LogP contribution in [0.25, 0.3) is 0 Å². The van der Waals surface area contributed by atoms with Crippen molar-refractivity contribution in [2.24, 2.45) is 5.73 Å². The van der Waals surface area contributed by atoms with E-state index < -0.39 is 11.7 Å². The first-order chi connectivity index (χ1) is 9.47. The van der Waals surface area contributed by atoms with E-state index in [1.807, 2.05) is 6.92 Å². The molecule has 0 aliphatic carbocycles. The van der Waals surface area contributed by atoms with Crippen molar-refractivity contribution in [1.29, 1.82) is 0 Å². The smallest absolute Gasteiger partial charge is 0.228 e. The minimum absolute atomic E-state index is 0.00587. The maximum absolute atomic E-state index is 13.2. The lowest BCUT2D eigenvalue weighted by Gasteiger charge is -2.25. The number of fused-ring (bicyclic) bond motifs is 1. The topological polar surface area (TPSA) is 84.2 Å². The SMILES string of the molecule is CC(N)CCNC(=O)C1CC(=O)Nc2cc(F)ccc21. The molecule has 0 spiro atoms. The third kappa shape index (κ3) is 3.33. The number of halogens is 1. The molecule has 0 radical (unpaired) electrons. The number of carbonyl (C=O) groups is 2. The average Bonchev–Trinajstić information content (AvgIpc) is 2.36. The van der Waals surface area contributed by atoms with E-state index in [4.69, 9.17) is 5.73 Å². The van der Waals surface area contributed by atoms with Crippen LogP contribution in [0.1, 0.15) is 31.2 Å². The monoisotopic (exact) mass is 279 g/mol. The molecule has 20 heavy (non-hydrogen) atoms. The van der Waals surface area contributed by atoms with Crippen LogP contribution in [0.2, 0.25) is 0 Å². The Kier molecular flexibility index (Phi) is 4.34. The Morgan fingerprint density at radius 2 is 2.35 bits per heavy atom. The van der Waals surface area contributed by atoms with E-state index in [0.717, 1.165) is 0 Å². The average molecular weight is 279 g/mol. The Balaban J connectivity index is 2.12. The molecule has 2 amide bonds. The van der Waals surface area contributed by atoms with Gasteiger partial charge in [0.1, 0.15) is 5.82 Å². The molecule has 2 rings (SSSR count). The van der Waals surface area contributed by atoms with Crippen LogP contribution in [0.15, 0.2) is 18.2 Å². The predicted molar refractivity (Wildman–Crippen MR) is 73.7 cm³/mol. The number of hydrogen-bond donors (Lipinski definition) is 3. The van der Waals surface area contributed by atoms with Crippen molar-refractivity contribution >= 4 is 17.5 Å². The fourth-order valence-electron chi connectivity index (χ4n) is 2.22. The summed E-state index contributed by atoms with van der Waals surface area (Å²) in [4.78, 5) is 23.7. The third-order valence-corrected chi connectivity index (χ3v) is 3.27. The van der Waals surface area contributed by atoms with E-state index in [-0.39, 0.29) is 24.3 Å². The van der Waals surface area contributed by atoms with Gasteiger partial charge in [0.2, 0.25) is 11.8 Å². The first-order valence-electron chi connectivity index (χ1n) is 6.60. The normalized spacial score (nSPS) is 18.9. The molecule has 0 fully saturated rings. The van der Waals surface area contributed by atoms with Gasteiger partial charge in [-0.25, -0.2) is 4.39 Å². The molecule has 108 valence electrons. The Morgan fingerprint density at radius 1 is 1.60 bits per heavy atom. The summed E-state index contributed by atoms with van der Waals surface area (Å²) in [5.74, 6) is -1.53. The Bertz CT molecular complexity index is 531. The van der Waals surface area contributed by atoms with Crippen molar-refractivity contribution in [2.45, 2.75) is 31.7 Å². The van der Waals surface area contributed by atoms with Crippen molar-refractivity contribution in [1.82, 2.24) is 5.32 Å². The molecule has 1 aromatic rings. The fourth-order valence-corrected chi connectivity index (χ4v) is 2.22. The summed E-state index contributed by atoms with van der Waals surface area (Å²) >= 11 is 0. The zero-order chi connectivity index (χ0) is 14.7. The maximum Gasteiger partial charge on any atom is 0.228 e. The molecule has 4 N–H and O–H groups in total. The highest BCUT2D eigenvalue weighted by molar-refractivity contribution is 6.01. The highest BCUT2D eigenvalue weighted by Gasteiger charge is 2.30. The highest BCUT2D eigenvalue weighted by Crippen LogP contribution is 2.32. The van der Waals surface area contributed by atoms with E-state index in [1.165, 1.54) is 12.1 Å². The number of nitrogens with two attached hydrogens (primary N) is 1. The summed E-state index contributed by atoms with van der Waals surface area (Å²) in [5.41, 5.74) is 6.63. The number of benzene rings is 1. The maximum atomic E-state index is 13.2. The molecule has 2 atom stereocenters. The lowest BCUT2D eigenvalue weighted by molar-refractivity contribution is -0.126. The van der Waals surface area contributed by atoms with E-state index in [2.05, 4.69) is 10.6 Å². The summed E-state index contributed by atoms with van der Waals surface area (Å²) in [7, 11) is 0. The Labute approximate surface area is 116 Å². The van der Waals surface area contributed by atoms with Crippen molar-refractivity contribution in [2.75, 3.05) is 11.9 Å². The summed E-state index contributed by atoms with van der Waals surface area (Å²) in [6.07, 6.45) is 0.740. The fraction of sp³-hybridized carbons (Fsp3) is 0.429. The number of nitrogens with one attached hydrogen (secondary N) is 2. The molecule has 1 aliphatic rings. The van der Waals surface area contributed by atoms with Gasteiger partial charge in [-0.2, -0.15) is 0 Å². The van der Waals surface area contributed by atoms with Gasteiger partial charge in [0.15, 0.2) is 0 Å². The van der Waals surface area contributed by atoms with E-state index in [1.54, 1.807) is 6.07 Å². The van der Waals surface area contributed by atoms with Gasteiger partial charge < -0.3 is 16.4 Å². The van der Waals surface area contributed by atoms with Gasteiger partial charge in [-0.3, -0.25) is 9.59 Å². The van der Waals surface area contributed by atoms with Crippen molar-refractivity contribution < 1.29 is 14.0 Å². The molecule has 1 heterocycles. The van der Waals surface area contributed by atoms with Crippen LogP contribution in [-0.4, -0.2) is 24.4 Å². The molecule has 0 saturated heterocycles. The molecule has 1 aromatic carbocycles. The molecule has 5 nitrogen and oxygen atoms in total. The second-order valence-corrected chi connectivity index (χ2v) is 5.09. The van der Waals surface area contributed by atoms with Gasteiger partial charge in [0.25, 0.3) is 0 Å². The molecule has 2 unspecified atom stereocenters. The predicted octanol–water partition coefficient (Wildman–Crippen LogP) is 1.10. The first kappa shape index (κ1) is 14.5. The standard InChI is InChI=1S/C14H18FN3O2/c1-8(16)4-5-17-14(20)11-7-13(19)18-12-6-9(15)2-3-10(11)12/h2-3,6,8,11H,4-5,7,16H2,1H3,(H,17,20)(H,18,19). The summed E-state index contributed by atoms with van der Waals surface area (Å²) in [6, 6.07) is 4.07. The van der Waals surface area contributed by atoms with Crippen LogP contribution in [-0.2, 0) is 9.59 Å². The van der Waals surface area contributed by atoms with Crippen LogP contribution in [0, 0.1) is 5.82 Å². The first-order valence-corrected chi connectivity index (χ1v) is 6.60. The van der Waals surface area contributed by atoms with E-state index in [0.29, 0.717) is 24.2 Å². The molecule has 0 saturated carbocycles. The highest BCUT2D eigenvalue weighted by atomic mass is 19.1. The zero-order valence-electron chi connectivity index (χ0n) is 11.3. The Hall–Kier alpha value is -1.95. The molecular formula is C14H18FN3O2. The number of anilines is 1. The molecular weight excluding hydrogens is 261 g/mol. The lowest BCUT2D eigenvalue weighted by Crippen LogP contribution is -2.36. The molecule has 1 aliphatic heterocycles. The number of carbonyl (C=O) groups excluding carboxylic acids is 2. The van der Waals surface area contributed by atoms with Crippen LogP contribution < -0.4 is 16.4 Å². The van der Waals surface area contributed by atoms with Crippen LogP contribution in [0.4, 0.5) is 10.1 Å². The molecule has 0 bridgehead atoms. The minimum Gasteiger partial charge on any atom is -0.356 e. The number of amides is 2. The van der Waals surface area contributed by atoms with E-state index >= 15 is 0 Å². The second kappa shape index (κ2) is 6.00. The van der Waals surface area contributed by atoms with Crippen molar-refractivity contribution in [3.8, 4) is 0 Å². The minimum atomic E-state index is -0.576.